The smallest absolute Gasteiger partial charge is 0.243 e. The van der Waals surface area contributed by atoms with Gasteiger partial charge in [0.1, 0.15) is 0 Å². The maximum absolute atomic E-state index is 12.9. The van der Waals surface area contributed by atoms with Crippen molar-refractivity contribution in [3.05, 3.63) is 65.2 Å². The number of hydrogen-bond acceptors (Lipinski definition) is 3. The quantitative estimate of drug-likeness (QED) is 0.850. The summed E-state index contributed by atoms with van der Waals surface area (Å²) < 4.78 is 33.2. The zero-order valence-corrected chi connectivity index (χ0v) is 14.3. The van der Waals surface area contributed by atoms with Crippen LogP contribution >= 0.6 is 11.6 Å². The Balaban J connectivity index is 1.91. The van der Waals surface area contributed by atoms with Crippen LogP contribution in [0.2, 0.25) is 5.02 Å². The second-order valence-corrected chi connectivity index (χ2v) is 7.84. The van der Waals surface area contributed by atoms with Crippen LogP contribution in [0.5, 0.6) is 0 Å². The van der Waals surface area contributed by atoms with E-state index in [1.54, 1.807) is 12.1 Å². The molecule has 23 heavy (non-hydrogen) atoms. The van der Waals surface area contributed by atoms with Gasteiger partial charge >= 0.3 is 0 Å². The lowest BCUT2D eigenvalue weighted by Crippen LogP contribution is -2.48. The highest BCUT2D eigenvalue weighted by Gasteiger charge is 2.37. The summed E-state index contributed by atoms with van der Waals surface area (Å²) in [5.74, 6) is 0. The molecule has 1 aliphatic heterocycles. The number of benzene rings is 2. The van der Waals surface area contributed by atoms with Gasteiger partial charge in [0.25, 0.3) is 0 Å². The van der Waals surface area contributed by atoms with Crippen molar-refractivity contribution in [3.8, 4) is 0 Å². The van der Waals surface area contributed by atoms with Crippen LogP contribution in [0.4, 0.5) is 0 Å². The van der Waals surface area contributed by atoms with E-state index in [4.69, 9.17) is 16.3 Å². The lowest BCUT2D eigenvalue weighted by Gasteiger charge is -2.38. The fourth-order valence-corrected chi connectivity index (χ4v) is 4.60. The molecule has 0 radical (unpaired) electrons. The Morgan fingerprint density at radius 3 is 2.39 bits per heavy atom. The molecule has 6 heteroatoms. The minimum absolute atomic E-state index is 0.252. The molecule has 2 atom stereocenters. The maximum Gasteiger partial charge on any atom is 0.243 e. The van der Waals surface area contributed by atoms with Crippen molar-refractivity contribution >= 4 is 21.6 Å². The minimum Gasteiger partial charge on any atom is -0.370 e. The van der Waals surface area contributed by atoms with Crippen molar-refractivity contribution in [1.82, 2.24) is 4.31 Å². The number of rotatable bonds is 3. The van der Waals surface area contributed by atoms with E-state index in [-0.39, 0.29) is 17.0 Å². The van der Waals surface area contributed by atoms with Crippen LogP contribution in [0, 0.1) is 0 Å². The fourth-order valence-electron chi connectivity index (χ4n) is 2.86. The number of nitrogens with zero attached hydrogens (tertiary/aromatic N) is 1. The van der Waals surface area contributed by atoms with Crippen LogP contribution in [0.1, 0.15) is 18.6 Å². The van der Waals surface area contributed by atoms with Crippen LogP contribution in [0.3, 0.4) is 0 Å². The lowest BCUT2D eigenvalue weighted by molar-refractivity contribution is -0.0361. The second kappa shape index (κ2) is 6.61. The molecule has 122 valence electrons. The number of ether oxygens (including phenoxy) is 1. The summed E-state index contributed by atoms with van der Waals surface area (Å²) in [5.41, 5.74) is 0.982. The number of hydrogen-bond donors (Lipinski definition) is 0. The average Bonchev–Trinajstić information content (AvgIpc) is 2.56. The highest BCUT2D eigenvalue weighted by atomic mass is 35.5. The van der Waals surface area contributed by atoms with E-state index in [2.05, 4.69) is 0 Å². The van der Waals surface area contributed by atoms with Gasteiger partial charge in [0.15, 0.2) is 0 Å². The van der Waals surface area contributed by atoms with Gasteiger partial charge in [-0.2, -0.15) is 4.31 Å². The van der Waals surface area contributed by atoms with Gasteiger partial charge in [-0.15, -0.1) is 0 Å². The van der Waals surface area contributed by atoms with E-state index in [0.717, 1.165) is 5.56 Å². The fraction of sp³-hybridized carbons (Fsp3) is 0.294. The molecule has 2 aromatic rings. The van der Waals surface area contributed by atoms with Gasteiger partial charge in [-0.3, -0.25) is 0 Å². The molecule has 2 aromatic carbocycles. The van der Waals surface area contributed by atoms with Gasteiger partial charge < -0.3 is 4.74 Å². The first-order valence-corrected chi connectivity index (χ1v) is 9.26. The predicted molar refractivity (Wildman–Crippen MR) is 89.9 cm³/mol. The molecular weight excluding hydrogens is 334 g/mol. The molecule has 0 unspecified atom stereocenters. The van der Waals surface area contributed by atoms with E-state index >= 15 is 0 Å². The van der Waals surface area contributed by atoms with Gasteiger partial charge in [-0.25, -0.2) is 8.42 Å². The summed E-state index contributed by atoms with van der Waals surface area (Å²) in [4.78, 5) is 0.252. The molecule has 0 saturated carbocycles. The highest BCUT2D eigenvalue weighted by Crippen LogP contribution is 2.32. The van der Waals surface area contributed by atoms with Crippen LogP contribution in [-0.4, -0.2) is 31.9 Å². The third-order valence-electron chi connectivity index (χ3n) is 4.05. The third kappa shape index (κ3) is 3.28. The lowest BCUT2D eigenvalue weighted by atomic mass is 10.0. The molecule has 0 spiro atoms. The Hall–Kier alpha value is -1.40. The SMILES string of the molecule is C[C@@H]1[C@H](c2ccccc2)OCCN1S(=O)(=O)c1ccc(Cl)cc1. The van der Waals surface area contributed by atoms with Crippen molar-refractivity contribution in [2.24, 2.45) is 0 Å². The molecule has 1 heterocycles. The van der Waals surface area contributed by atoms with Gasteiger partial charge in [-0.05, 0) is 36.8 Å². The summed E-state index contributed by atoms with van der Waals surface area (Å²) in [7, 11) is -3.57. The molecule has 0 N–H and O–H groups in total. The highest BCUT2D eigenvalue weighted by molar-refractivity contribution is 7.89. The average molecular weight is 352 g/mol. The Kier molecular flexibility index (Phi) is 4.73. The van der Waals surface area contributed by atoms with Gasteiger partial charge in [0, 0.05) is 11.6 Å². The Morgan fingerprint density at radius 1 is 1.09 bits per heavy atom. The maximum atomic E-state index is 12.9. The molecule has 0 aromatic heterocycles. The van der Waals surface area contributed by atoms with E-state index in [9.17, 15) is 8.42 Å². The largest absolute Gasteiger partial charge is 0.370 e. The molecule has 0 bridgehead atoms. The number of sulfonamides is 1. The summed E-state index contributed by atoms with van der Waals surface area (Å²) in [6, 6.07) is 15.7. The van der Waals surface area contributed by atoms with Crippen LogP contribution < -0.4 is 0 Å². The molecule has 0 amide bonds. The second-order valence-electron chi connectivity index (χ2n) is 5.51. The molecule has 1 fully saturated rings. The molecule has 4 nitrogen and oxygen atoms in total. The first-order valence-electron chi connectivity index (χ1n) is 7.44. The van der Waals surface area contributed by atoms with Crippen LogP contribution in [-0.2, 0) is 14.8 Å². The normalized spacial score (nSPS) is 22.9. The van der Waals surface area contributed by atoms with Gasteiger partial charge in [0.2, 0.25) is 10.0 Å². The van der Waals surface area contributed by atoms with E-state index in [0.29, 0.717) is 18.2 Å². The summed E-state index contributed by atoms with van der Waals surface area (Å²) in [6.07, 6.45) is -0.271. The van der Waals surface area contributed by atoms with Gasteiger partial charge in [-0.1, -0.05) is 41.9 Å². The molecule has 1 saturated heterocycles. The third-order valence-corrected chi connectivity index (χ3v) is 6.30. The number of halogens is 1. The zero-order valence-electron chi connectivity index (χ0n) is 12.7. The Labute approximate surface area is 141 Å². The number of morpholine rings is 1. The molecule has 1 aliphatic rings. The first kappa shape index (κ1) is 16.5. The van der Waals surface area contributed by atoms with Crippen LogP contribution in [0.25, 0.3) is 0 Å². The van der Waals surface area contributed by atoms with Crippen molar-refractivity contribution in [1.29, 1.82) is 0 Å². The zero-order chi connectivity index (χ0) is 16.4. The Bertz CT molecular complexity index is 762. The standard InChI is InChI=1S/C17H18ClNO3S/c1-13-17(14-5-3-2-4-6-14)22-12-11-19(13)23(20,21)16-9-7-15(18)8-10-16/h2-10,13,17H,11-12H2,1H3/t13-,17-/m1/s1. The van der Waals surface area contributed by atoms with Crippen molar-refractivity contribution in [2.45, 2.75) is 24.0 Å². The molecule has 3 rings (SSSR count). The Morgan fingerprint density at radius 2 is 1.74 bits per heavy atom. The minimum atomic E-state index is -3.57. The van der Waals surface area contributed by atoms with Crippen molar-refractivity contribution in [2.75, 3.05) is 13.2 Å². The van der Waals surface area contributed by atoms with Crippen molar-refractivity contribution < 1.29 is 13.2 Å². The van der Waals surface area contributed by atoms with Gasteiger partial charge in [0.05, 0.1) is 23.6 Å². The van der Waals surface area contributed by atoms with Crippen LogP contribution in [0.15, 0.2) is 59.5 Å². The summed E-state index contributed by atoms with van der Waals surface area (Å²) in [6.45, 7) is 2.59. The topological polar surface area (TPSA) is 46.6 Å². The molecule has 0 aliphatic carbocycles. The van der Waals surface area contributed by atoms with E-state index in [1.165, 1.54) is 16.4 Å². The van der Waals surface area contributed by atoms with Crippen molar-refractivity contribution in [3.63, 3.8) is 0 Å². The summed E-state index contributed by atoms with van der Waals surface area (Å²) >= 11 is 5.85. The molecular formula is C17H18ClNO3S. The predicted octanol–water partition coefficient (Wildman–Crippen LogP) is 3.49. The monoisotopic (exact) mass is 351 g/mol. The first-order chi connectivity index (χ1) is 11.0. The van der Waals surface area contributed by atoms with E-state index < -0.39 is 10.0 Å². The van der Waals surface area contributed by atoms with E-state index in [1.807, 2.05) is 37.3 Å². The summed E-state index contributed by atoms with van der Waals surface area (Å²) in [5, 5.41) is 0.515.